The van der Waals surface area contributed by atoms with E-state index in [1.807, 2.05) is 31.2 Å². The van der Waals surface area contributed by atoms with E-state index >= 15 is 0 Å². The number of nitrogens with one attached hydrogen (secondary N) is 1. The van der Waals surface area contributed by atoms with Crippen LogP contribution in [0.4, 0.5) is 5.69 Å². The van der Waals surface area contributed by atoms with Crippen molar-refractivity contribution in [1.82, 2.24) is 14.8 Å². The summed E-state index contributed by atoms with van der Waals surface area (Å²) in [5, 5.41) is 6.97. The molecule has 7 nitrogen and oxygen atoms in total. The number of rotatable bonds is 6. The SMILES string of the molecule is CCOc1ccc(-c2ccc(=O)n(CC(=O)Nc3cccnc3)n2)cc1. The minimum Gasteiger partial charge on any atom is -0.494 e. The van der Waals surface area contributed by atoms with Gasteiger partial charge in [0.25, 0.3) is 5.56 Å². The van der Waals surface area contributed by atoms with Crippen molar-refractivity contribution in [3.8, 4) is 17.0 Å². The molecule has 26 heavy (non-hydrogen) atoms. The first-order valence-electron chi connectivity index (χ1n) is 8.17. The van der Waals surface area contributed by atoms with E-state index < -0.39 is 0 Å². The molecule has 0 atom stereocenters. The van der Waals surface area contributed by atoms with Crippen LogP contribution in [0.15, 0.2) is 65.7 Å². The Bertz CT molecular complexity index is 937. The molecule has 2 heterocycles. The number of carbonyl (C=O) groups is 1. The first-order valence-corrected chi connectivity index (χ1v) is 8.17. The lowest BCUT2D eigenvalue weighted by Crippen LogP contribution is -2.29. The highest BCUT2D eigenvalue weighted by molar-refractivity contribution is 5.90. The predicted octanol–water partition coefficient (Wildman–Crippen LogP) is 2.34. The standard InChI is InChI=1S/C19H18N4O3/c1-2-26-16-7-5-14(6-8-16)17-9-10-19(25)23(22-17)13-18(24)21-15-4-3-11-20-12-15/h3-12H,2,13H2,1H3,(H,21,24). The van der Waals surface area contributed by atoms with Crippen LogP contribution in [0.25, 0.3) is 11.3 Å². The van der Waals surface area contributed by atoms with Crippen molar-refractivity contribution in [3.05, 3.63) is 71.3 Å². The molecule has 1 N–H and O–H groups in total. The summed E-state index contributed by atoms with van der Waals surface area (Å²) in [7, 11) is 0. The molecule has 0 fully saturated rings. The summed E-state index contributed by atoms with van der Waals surface area (Å²) in [5.74, 6) is 0.414. The number of nitrogens with zero attached hydrogens (tertiary/aromatic N) is 3. The Kier molecular flexibility index (Phi) is 5.38. The van der Waals surface area contributed by atoms with E-state index in [0.717, 1.165) is 16.0 Å². The second kappa shape index (κ2) is 8.06. The van der Waals surface area contributed by atoms with Gasteiger partial charge in [-0.25, -0.2) is 4.68 Å². The topological polar surface area (TPSA) is 86.1 Å². The first-order chi connectivity index (χ1) is 12.7. The number of carbonyl (C=O) groups excluding carboxylic acids is 1. The van der Waals surface area contributed by atoms with Crippen LogP contribution in [-0.4, -0.2) is 27.3 Å². The number of benzene rings is 1. The van der Waals surface area contributed by atoms with Crippen LogP contribution in [-0.2, 0) is 11.3 Å². The average Bonchev–Trinajstić information content (AvgIpc) is 2.65. The van der Waals surface area contributed by atoms with Gasteiger partial charge in [-0.15, -0.1) is 0 Å². The van der Waals surface area contributed by atoms with E-state index in [0.29, 0.717) is 18.0 Å². The van der Waals surface area contributed by atoms with Crippen molar-refractivity contribution >= 4 is 11.6 Å². The van der Waals surface area contributed by atoms with Crippen LogP contribution < -0.4 is 15.6 Å². The lowest BCUT2D eigenvalue weighted by Gasteiger charge is -2.09. The highest BCUT2D eigenvalue weighted by Gasteiger charge is 2.09. The number of ether oxygens (including phenoxy) is 1. The zero-order chi connectivity index (χ0) is 18.4. The maximum Gasteiger partial charge on any atom is 0.267 e. The third-order valence-electron chi connectivity index (χ3n) is 3.57. The minimum atomic E-state index is -0.351. The molecule has 0 bridgehead atoms. The van der Waals surface area contributed by atoms with Gasteiger partial charge in [0.05, 0.1) is 24.2 Å². The fourth-order valence-electron chi connectivity index (χ4n) is 2.38. The molecule has 0 saturated carbocycles. The van der Waals surface area contributed by atoms with E-state index in [1.165, 1.54) is 12.3 Å². The second-order valence-corrected chi connectivity index (χ2v) is 5.46. The number of hydrogen-bond donors (Lipinski definition) is 1. The van der Waals surface area contributed by atoms with Crippen molar-refractivity contribution in [2.24, 2.45) is 0 Å². The number of pyridine rings is 1. The summed E-state index contributed by atoms with van der Waals surface area (Å²) in [6.07, 6.45) is 3.15. The molecular formula is C19H18N4O3. The lowest BCUT2D eigenvalue weighted by atomic mass is 10.1. The molecule has 132 valence electrons. The van der Waals surface area contributed by atoms with Gasteiger partial charge in [0.2, 0.25) is 5.91 Å². The molecular weight excluding hydrogens is 332 g/mol. The number of hydrogen-bond acceptors (Lipinski definition) is 5. The third kappa shape index (κ3) is 4.32. The molecule has 0 radical (unpaired) electrons. The monoisotopic (exact) mass is 350 g/mol. The van der Waals surface area contributed by atoms with Crippen LogP contribution in [0.3, 0.4) is 0 Å². The van der Waals surface area contributed by atoms with Gasteiger partial charge in [-0.05, 0) is 49.4 Å². The Balaban J connectivity index is 1.77. The zero-order valence-corrected chi connectivity index (χ0v) is 14.3. The van der Waals surface area contributed by atoms with Gasteiger partial charge in [0, 0.05) is 17.8 Å². The van der Waals surface area contributed by atoms with Crippen molar-refractivity contribution in [3.63, 3.8) is 0 Å². The Morgan fingerprint density at radius 2 is 1.96 bits per heavy atom. The number of aromatic nitrogens is 3. The second-order valence-electron chi connectivity index (χ2n) is 5.46. The number of anilines is 1. The van der Waals surface area contributed by atoms with Gasteiger partial charge < -0.3 is 10.1 Å². The normalized spacial score (nSPS) is 10.3. The van der Waals surface area contributed by atoms with Crippen molar-refractivity contribution in [1.29, 1.82) is 0 Å². The highest BCUT2D eigenvalue weighted by atomic mass is 16.5. The van der Waals surface area contributed by atoms with Gasteiger partial charge in [-0.3, -0.25) is 14.6 Å². The van der Waals surface area contributed by atoms with Crippen molar-refractivity contribution < 1.29 is 9.53 Å². The summed E-state index contributed by atoms with van der Waals surface area (Å²) < 4.78 is 6.55. The molecule has 0 saturated heterocycles. The van der Waals surface area contributed by atoms with Crippen LogP contribution in [0.5, 0.6) is 5.75 Å². The molecule has 0 aliphatic carbocycles. The fourth-order valence-corrected chi connectivity index (χ4v) is 2.38. The molecule has 2 aromatic heterocycles. The Hall–Kier alpha value is -3.48. The smallest absolute Gasteiger partial charge is 0.267 e. The fraction of sp³-hybridized carbons (Fsp3) is 0.158. The van der Waals surface area contributed by atoms with E-state index in [9.17, 15) is 9.59 Å². The van der Waals surface area contributed by atoms with Crippen LogP contribution in [0, 0.1) is 0 Å². The zero-order valence-electron chi connectivity index (χ0n) is 14.3. The summed E-state index contributed by atoms with van der Waals surface area (Å²) in [4.78, 5) is 28.1. The maximum absolute atomic E-state index is 12.1. The lowest BCUT2D eigenvalue weighted by molar-refractivity contribution is -0.117. The van der Waals surface area contributed by atoms with E-state index in [-0.39, 0.29) is 18.0 Å². The summed E-state index contributed by atoms with van der Waals surface area (Å²) in [6, 6.07) is 13.9. The van der Waals surface area contributed by atoms with Crippen molar-refractivity contribution in [2.45, 2.75) is 13.5 Å². The molecule has 3 aromatic rings. The molecule has 0 spiro atoms. The molecule has 3 rings (SSSR count). The number of amides is 1. The van der Waals surface area contributed by atoms with Crippen LogP contribution in [0.2, 0.25) is 0 Å². The Morgan fingerprint density at radius 3 is 2.65 bits per heavy atom. The highest BCUT2D eigenvalue weighted by Crippen LogP contribution is 2.19. The third-order valence-corrected chi connectivity index (χ3v) is 3.57. The Morgan fingerprint density at radius 1 is 1.15 bits per heavy atom. The summed E-state index contributed by atoms with van der Waals surface area (Å²) in [6.45, 7) is 2.33. The molecule has 1 aromatic carbocycles. The van der Waals surface area contributed by atoms with E-state index in [2.05, 4.69) is 15.4 Å². The predicted molar refractivity (Wildman–Crippen MR) is 98.0 cm³/mol. The largest absolute Gasteiger partial charge is 0.494 e. The Labute approximate surface area is 150 Å². The van der Waals surface area contributed by atoms with Gasteiger partial charge >= 0.3 is 0 Å². The maximum atomic E-state index is 12.1. The van der Waals surface area contributed by atoms with Gasteiger partial charge in [-0.2, -0.15) is 5.10 Å². The van der Waals surface area contributed by atoms with E-state index in [4.69, 9.17) is 4.74 Å². The van der Waals surface area contributed by atoms with E-state index in [1.54, 1.807) is 24.4 Å². The average molecular weight is 350 g/mol. The first kappa shape index (κ1) is 17.3. The summed E-state index contributed by atoms with van der Waals surface area (Å²) in [5.41, 5.74) is 1.64. The summed E-state index contributed by atoms with van der Waals surface area (Å²) >= 11 is 0. The van der Waals surface area contributed by atoms with Crippen LogP contribution >= 0.6 is 0 Å². The molecule has 1 amide bonds. The molecule has 0 aliphatic heterocycles. The van der Waals surface area contributed by atoms with Crippen LogP contribution in [0.1, 0.15) is 6.92 Å². The van der Waals surface area contributed by atoms with Gasteiger partial charge in [-0.1, -0.05) is 0 Å². The quantitative estimate of drug-likeness (QED) is 0.737. The van der Waals surface area contributed by atoms with Gasteiger partial charge in [0.15, 0.2) is 0 Å². The molecule has 0 aliphatic rings. The van der Waals surface area contributed by atoms with Gasteiger partial charge in [0.1, 0.15) is 12.3 Å². The molecule has 7 heteroatoms. The molecule has 0 unspecified atom stereocenters. The minimum absolute atomic E-state index is 0.182. The van der Waals surface area contributed by atoms with Crippen molar-refractivity contribution in [2.75, 3.05) is 11.9 Å².